The molecule has 0 aromatic heterocycles. The van der Waals surface area contributed by atoms with Crippen LogP contribution in [0, 0.1) is 0 Å². The van der Waals surface area contributed by atoms with Crippen LogP contribution in [0.15, 0.2) is 0 Å². The fraction of sp³-hybridized carbons (Fsp3) is 1.00. The van der Waals surface area contributed by atoms with Crippen LogP contribution in [0.1, 0.15) is 33.1 Å². The lowest BCUT2D eigenvalue weighted by Crippen LogP contribution is -2.45. The molecular weight excluding hydrogens is 178 g/mol. The Hall–Kier alpha value is -0.120. The fourth-order valence-corrected chi connectivity index (χ4v) is 2.14. The van der Waals surface area contributed by atoms with Crippen LogP contribution in [0.2, 0.25) is 0 Å². The highest BCUT2D eigenvalue weighted by Gasteiger charge is 2.26. The van der Waals surface area contributed by atoms with Gasteiger partial charge in [0.05, 0.1) is 6.10 Å². The Bertz CT molecular complexity index is 163. The predicted molar refractivity (Wildman–Crippen MR) is 57.3 cm³/mol. The van der Waals surface area contributed by atoms with Gasteiger partial charge in [0.25, 0.3) is 0 Å². The molecule has 0 amide bonds. The zero-order valence-electron chi connectivity index (χ0n) is 9.82. The van der Waals surface area contributed by atoms with Crippen molar-refractivity contribution in [1.82, 2.24) is 4.90 Å². The molecule has 3 nitrogen and oxygen atoms in total. The van der Waals surface area contributed by atoms with E-state index in [4.69, 9.17) is 9.47 Å². The third-order valence-corrected chi connectivity index (χ3v) is 3.11. The molecule has 0 aliphatic carbocycles. The molecule has 0 radical (unpaired) electrons. The van der Waals surface area contributed by atoms with Crippen molar-refractivity contribution in [3.05, 3.63) is 0 Å². The van der Waals surface area contributed by atoms with Gasteiger partial charge in [-0.05, 0) is 40.3 Å². The van der Waals surface area contributed by atoms with Crippen LogP contribution < -0.4 is 0 Å². The van der Waals surface area contributed by atoms with E-state index in [0.717, 1.165) is 0 Å². The van der Waals surface area contributed by atoms with E-state index in [1.165, 1.54) is 25.8 Å². The van der Waals surface area contributed by atoms with Crippen LogP contribution in [0.3, 0.4) is 0 Å². The van der Waals surface area contributed by atoms with E-state index in [9.17, 15) is 0 Å². The number of likely N-dealkylation sites (N-methyl/N-ethyl adjacent to an activating group) is 1. The minimum absolute atomic E-state index is 0.0969. The van der Waals surface area contributed by atoms with Gasteiger partial charge in [0.15, 0.2) is 6.29 Å². The van der Waals surface area contributed by atoms with E-state index in [0.29, 0.717) is 6.04 Å². The summed E-state index contributed by atoms with van der Waals surface area (Å²) in [5.41, 5.74) is 0. The van der Waals surface area contributed by atoms with Gasteiger partial charge in [-0.3, -0.25) is 0 Å². The number of rotatable bonds is 4. The van der Waals surface area contributed by atoms with E-state index in [-0.39, 0.29) is 12.4 Å². The van der Waals surface area contributed by atoms with Crippen molar-refractivity contribution in [2.24, 2.45) is 0 Å². The van der Waals surface area contributed by atoms with Gasteiger partial charge in [-0.25, -0.2) is 0 Å². The molecule has 0 saturated carbocycles. The minimum atomic E-state index is -0.0969. The lowest BCUT2D eigenvalue weighted by molar-refractivity contribution is -0.157. The van der Waals surface area contributed by atoms with Gasteiger partial charge in [0, 0.05) is 13.2 Å². The number of methoxy groups -OCH3 is 1. The van der Waals surface area contributed by atoms with E-state index < -0.39 is 0 Å². The smallest absolute Gasteiger partial charge is 0.154 e. The standard InChI is InChI=1S/C11H23NO2/c1-9(14-10(2)13-4)11-7-5-6-8-12(11)3/h9-11H,5-8H2,1-4H3. The van der Waals surface area contributed by atoms with Gasteiger partial charge in [0.1, 0.15) is 0 Å². The topological polar surface area (TPSA) is 21.7 Å². The summed E-state index contributed by atoms with van der Waals surface area (Å²) in [6.07, 6.45) is 4.05. The molecule has 1 aliphatic heterocycles. The molecule has 1 saturated heterocycles. The van der Waals surface area contributed by atoms with Crippen molar-refractivity contribution in [3.63, 3.8) is 0 Å². The van der Waals surface area contributed by atoms with E-state index in [2.05, 4.69) is 18.9 Å². The summed E-state index contributed by atoms with van der Waals surface area (Å²) in [7, 11) is 3.86. The number of hydrogen-bond donors (Lipinski definition) is 0. The first-order valence-electron chi connectivity index (χ1n) is 5.53. The first-order valence-corrected chi connectivity index (χ1v) is 5.53. The van der Waals surface area contributed by atoms with Crippen molar-refractivity contribution < 1.29 is 9.47 Å². The molecule has 1 aliphatic rings. The number of ether oxygens (including phenoxy) is 2. The van der Waals surface area contributed by atoms with Crippen molar-refractivity contribution in [2.45, 2.75) is 51.5 Å². The Morgan fingerprint density at radius 1 is 1.29 bits per heavy atom. The van der Waals surface area contributed by atoms with Crippen LogP contribution >= 0.6 is 0 Å². The second-order valence-electron chi connectivity index (χ2n) is 4.19. The summed E-state index contributed by atoms with van der Waals surface area (Å²) in [5, 5.41) is 0. The zero-order chi connectivity index (χ0) is 10.6. The summed E-state index contributed by atoms with van der Waals surface area (Å²) in [4.78, 5) is 2.40. The molecule has 3 atom stereocenters. The van der Waals surface area contributed by atoms with Crippen LogP contribution in [-0.4, -0.2) is 44.0 Å². The van der Waals surface area contributed by atoms with Crippen molar-refractivity contribution in [3.8, 4) is 0 Å². The highest BCUT2D eigenvalue weighted by molar-refractivity contribution is 4.79. The largest absolute Gasteiger partial charge is 0.356 e. The second kappa shape index (κ2) is 5.69. The molecule has 0 aromatic rings. The molecule has 3 unspecified atom stereocenters. The molecule has 1 rings (SSSR count). The number of piperidine rings is 1. The minimum Gasteiger partial charge on any atom is -0.356 e. The van der Waals surface area contributed by atoms with Crippen molar-refractivity contribution in [1.29, 1.82) is 0 Å². The maximum atomic E-state index is 5.75. The molecule has 0 bridgehead atoms. The van der Waals surface area contributed by atoms with Gasteiger partial charge in [-0.15, -0.1) is 0 Å². The monoisotopic (exact) mass is 201 g/mol. The van der Waals surface area contributed by atoms with E-state index in [1.807, 2.05) is 6.92 Å². The van der Waals surface area contributed by atoms with Crippen LogP contribution in [0.4, 0.5) is 0 Å². The van der Waals surface area contributed by atoms with Crippen LogP contribution in [0.5, 0.6) is 0 Å². The summed E-state index contributed by atoms with van der Waals surface area (Å²) >= 11 is 0. The Balaban J connectivity index is 2.37. The Labute approximate surface area is 87.4 Å². The Kier molecular flexibility index (Phi) is 4.85. The van der Waals surface area contributed by atoms with Crippen molar-refractivity contribution in [2.75, 3.05) is 20.7 Å². The normalized spacial score (nSPS) is 28.7. The third-order valence-electron chi connectivity index (χ3n) is 3.11. The molecule has 1 fully saturated rings. The highest BCUT2D eigenvalue weighted by Crippen LogP contribution is 2.20. The zero-order valence-corrected chi connectivity index (χ0v) is 9.82. The summed E-state index contributed by atoms with van der Waals surface area (Å²) in [6, 6.07) is 0.557. The second-order valence-corrected chi connectivity index (χ2v) is 4.19. The molecule has 1 heterocycles. The average molecular weight is 201 g/mol. The third kappa shape index (κ3) is 3.23. The molecule has 84 valence electrons. The Morgan fingerprint density at radius 3 is 2.57 bits per heavy atom. The molecule has 3 heteroatoms. The summed E-state index contributed by atoms with van der Waals surface area (Å²) in [5.74, 6) is 0. The lowest BCUT2D eigenvalue weighted by atomic mass is 9.99. The number of nitrogens with zero attached hydrogens (tertiary/aromatic N) is 1. The van der Waals surface area contributed by atoms with Crippen molar-refractivity contribution >= 4 is 0 Å². The van der Waals surface area contributed by atoms with Gasteiger partial charge < -0.3 is 14.4 Å². The number of likely N-dealkylation sites (tertiary alicyclic amines) is 1. The molecular formula is C11H23NO2. The quantitative estimate of drug-likeness (QED) is 0.648. The van der Waals surface area contributed by atoms with Crippen LogP contribution in [-0.2, 0) is 9.47 Å². The Morgan fingerprint density at radius 2 is 2.00 bits per heavy atom. The first kappa shape index (κ1) is 12.0. The maximum absolute atomic E-state index is 5.75. The predicted octanol–water partition coefficient (Wildman–Crippen LogP) is 1.87. The average Bonchev–Trinajstić information content (AvgIpc) is 2.18. The fourth-order valence-electron chi connectivity index (χ4n) is 2.14. The lowest BCUT2D eigenvalue weighted by Gasteiger charge is -2.37. The molecule has 14 heavy (non-hydrogen) atoms. The molecule has 0 N–H and O–H groups in total. The maximum Gasteiger partial charge on any atom is 0.154 e. The van der Waals surface area contributed by atoms with Gasteiger partial charge in [-0.1, -0.05) is 6.42 Å². The highest BCUT2D eigenvalue weighted by atomic mass is 16.7. The molecule has 0 aromatic carbocycles. The number of hydrogen-bond acceptors (Lipinski definition) is 3. The molecule has 0 spiro atoms. The summed E-state index contributed by atoms with van der Waals surface area (Å²) < 4.78 is 10.9. The SMILES string of the molecule is COC(C)OC(C)C1CCCCN1C. The van der Waals surface area contributed by atoms with Gasteiger partial charge in [0.2, 0.25) is 0 Å². The van der Waals surface area contributed by atoms with Crippen LogP contribution in [0.25, 0.3) is 0 Å². The van der Waals surface area contributed by atoms with E-state index >= 15 is 0 Å². The summed E-state index contributed by atoms with van der Waals surface area (Å²) in [6.45, 7) is 5.28. The van der Waals surface area contributed by atoms with Gasteiger partial charge in [-0.2, -0.15) is 0 Å². The first-order chi connectivity index (χ1) is 6.65. The van der Waals surface area contributed by atoms with Gasteiger partial charge >= 0.3 is 0 Å². The van der Waals surface area contributed by atoms with E-state index in [1.54, 1.807) is 7.11 Å².